The van der Waals surface area contributed by atoms with Gasteiger partial charge in [-0.2, -0.15) is 0 Å². The molecule has 0 spiro atoms. The van der Waals surface area contributed by atoms with E-state index in [1.54, 1.807) is 17.5 Å². The number of urea groups is 1. The van der Waals surface area contributed by atoms with Gasteiger partial charge in [0.1, 0.15) is 11.6 Å². The third-order valence-electron chi connectivity index (χ3n) is 4.24. The zero-order valence-corrected chi connectivity index (χ0v) is 14.9. The number of piperazine rings is 1. The molecule has 0 aromatic carbocycles. The predicted molar refractivity (Wildman–Crippen MR) is 96.7 cm³/mol. The third-order valence-corrected chi connectivity index (χ3v) is 5.34. The summed E-state index contributed by atoms with van der Waals surface area (Å²) in [5.74, 6) is 2.06. The number of amides is 2. The van der Waals surface area contributed by atoms with E-state index in [4.69, 9.17) is 0 Å². The van der Waals surface area contributed by atoms with Crippen LogP contribution in [-0.2, 0) is 0 Å². The molecule has 128 valence electrons. The Morgan fingerprint density at radius 1 is 1.33 bits per heavy atom. The van der Waals surface area contributed by atoms with Crippen molar-refractivity contribution >= 4 is 23.2 Å². The minimum Gasteiger partial charge on any atom is -0.353 e. The van der Waals surface area contributed by atoms with Crippen molar-refractivity contribution in [1.29, 1.82) is 0 Å². The Hall–Kier alpha value is -2.15. The molecule has 0 aliphatic carbocycles. The summed E-state index contributed by atoms with van der Waals surface area (Å²) >= 11 is 1.73. The summed E-state index contributed by atoms with van der Waals surface area (Å²) in [5.41, 5.74) is 0. The third kappa shape index (κ3) is 4.03. The van der Waals surface area contributed by atoms with Gasteiger partial charge in [-0.3, -0.25) is 0 Å². The van der Waals surface area contributed by atoms with Gasteiger partial charge in [0.2, 0.25) is 0 Å². The number of hydrogen-bond acceptors (Lipinski definition) is 5. The molecule has 3 rings (SSSR count). The van der Waals surface area contributed by atoms with Crippen molar-refractivity contribution in [2.45, 2.75) is 19.8 Å². The molecule has 0 saturated carbocycles. The maximum Gasteiger partial charge on any atom is 0.317 e. The molecule has 2 aromatic heterocycles. The molecule has 0 unspecified atom stereocenters. The number of nitrogens with one attached hydrogen (secondary N) is 1. The minimum atomic E-state index is 0.0249. The number of carbonyl (C=O) groups is 1. The van der Waals surface area contributed by atoms with Gasteiger partial charge in [-0.1, -0.05) is 13.0 Å². The summed E-state index contributed by atoms with van der Waals surface area (Å²) < 4.78 is 0. The van der Waals surface area contributed by atoms with Crippen LogP contribution in [0.25, 0.3) is 0 Å². The van der Waals surface area contributed by atoms with E-state index in [-0.39, 0.29) is 6.03 Å². The fourth-order valence-electron chi connectivity index (χ4n) is 2.78. The average Bonchev–Trinajstić information content (AvgIpc) is 3.14. The number of anilines is 1. The van der Waals surface area contributed by atoms with Crippen LogP contribution >= 0.6 is 11.3 Å². The topological polar surface area (TPSA) is 61.4 Å². The highest BCUT2D eigenvalue weighted by atomic mass is 32.1. The van der Waals surface area contributed by atoms with E-state index < -0.39 is 0 Å². The Morgan fingerprint density at radius 3 is 2.79 bits per heavy atom. The maximum atomic E-state index is 12.3. The van der Waals surface area contributed by atoms with Crippen LogP contribution in [-0.4, -0.2) is 53.6 Å². The Morgan fingerprint density at radius 2 is 2.12 bits per heavy atom. The van der Waals surface area contributed by atoms with Gasteiger partial charge in [0, 0.05) is 49.7 Å². The highest BCUT2D eigenvalue weighted by Crippen LogP contribution is 2.20. The smallest absolute Gasteiger partial charge is 0.317 e. The van der Waals surface area contributed by atoms with Crippen molar-refractivity contribution in [3.05, 3.63) is 40.5 Å². The van der Waals surface area contributed by atoms with Gasteiger partial charge in [-0.25, -0.2) is 14.8 Å². The number of thiophene rings is 1. The monoisotopic (exact) mass is 345 g/mol. The minimum absolute atomic E-state index is 0.0249. The molecule has 1 atom stereocenters. The van der Waals surface area contributed by atoms with Gasteiger partial charge in [0.25, 0.3) is 0 Å². The van der Waals surface area contributed by atoms with Crippen molar-refractivity contribution in [1.82, 2.24) is 20.2 Å². The number of rotatable bonds is 4. The second kappa shape index (κ2) is 7.61. The Labute approximate surface area is 146 Å². The van der Waals surface area contributed by atoms with Crippen molar-refractivity contribution in [2.75, 3.05) is 37.6 Å². The van der Waals surface area contributed by atoms with Gasteiger partial charge in [0.05, 0.1) is 0 Å². The fourth-order valence-corrected chi connectivity index (χ4v) is 3.57. The predicted octanol–water partition coefficient (Wildman–Crippen LogP) is 2.48. The summed E-state index contributed by atoms with van der Waals surface area (Å²) in [6, 6.07) is 6.11. The summed E-state index contributed by atoms with van der Waals surface area (Å²) in [4.78, 5) is 26.3. The number of carbonyl (C=O) groups excluding carboxylic acids is 1. The van der Waals surface area contributed by atoms with E-state index in [1.807, 2.05) is 24.0 Å². The molecule has 1 N–H and O–H groups in total. The van der Waals surface area contributed by atoms with Crippen molar-refractivity contribution in [3.63, 3.8) is 0 Å². The number of nitrogens with zero attached hydrogens (tertiary/aromatic N) is 4. The fraction of sp³-hybridized carbons (Fsp3) is 0.471. The largest absolute Gasteiger partial charge is 0.353 e. The lowest BCUT2D eigenvalue weighted by atomic mass is 10.1. The Kier molecular flexibility index (Phi) is 5.30. The van der Waals surface area contributed by atoms with Gasteiger partial charge >= 0.3 is 6.03 Å². The lowest BCUT2D eigenvalue weighted by molar-refractivity contribution is 0.194. The SMILES string of the molecule is Cc1nccc(N2CCN(C(=O)NC[C@@H](C)c3cccs3)CC2)n1. The normalized spacial score (nSPS) is 16.1. The second-order valence-corrected chi connectivity index (χ2v) is 7.02. The van der Waals surface area contributed by atoms with Crippen LogP contribution in [0.3, 0.4) is 0 Å². The van der Waals surface area contributed by atoms with Crippen LogP contribution in [0.4, 0.5) is 10.6 Å². The zero-order valence-electron chi connectivity index (χ0n) is 14.1. The van der Waals surface area contributed by atoms with E-state index in [9.17, 15) is 4.79 Å². The molecule has 2 aromatic rings. The first-order chi connectivity index (χ1) is 11.6. The van der Waals surface area contributed by atoms with Crippen molar-refractivity contribution < 1.29 is 4.79 Å². The molecule has 0 bridgehead atoms. The van der Waals surface area contributed by atoms with Crippen LogP contribution in [0.5, 0.6) is 0 Å². The summed E-state index contributed by atoms with van der Waals surface area (Å²) in [7, 11) is 0. The van der Waals surface area contributed by atoms with Crippen LogP contribution in [0.1, 0.15) is 23.5 Å². The summed E-state index contributed by atoms with van der Waals surface area (Å²) in [5, 5.41) is 5.12. The van der Waals surface area contributed by atoms with Gasteiger partial charge in [0.15, 0.2) is 0 Å². The molecule has 2 amide bonds. The van der Waals surface area contributed by atoms with E-state index >= 15 is 0 Å². The number of aromatic nitrogens is 2. The first kappa shape index (κ1) is 16.7. The van der Waals surface area contributed by atoms with E-state index in [0.717, 1.165) is 24.7 Å². The summed E-state index contributed by atoms with van der Waals surface area (Å²) in [6.45, 7) is 7.72. The van der Waals surface area contributed by atoms with Crippen LogP contribution in [0, 0.1) is 6.92 Å². The molecule has 1 saturated heterocycles. The average molecular weight is 345 g/mol. The molecular weight excluding hydrogens is 322 g/mol. The first-order valence-corrected chi connectivity index (χ1v) is 9.12. The molecule has 1 aliphatic heterocycles. The lowest BCUT2D eigenvalue weighted by Crippen LogP contribution is -2.52. The van der Waals surface area contributed by atoms with Crippen LogP contribution in [0.15, 0.2) is 29.8 Å². The Balaban J connectivity index is 1.46. The highest BCUT2D eigenvalue weighted by Gasteiger charge is 2.22. The molecule has 24 heavy (non-hydrogen) atoms. The first-order valence-electron chi connectivity index (χ1n) is 8.24. The van der Waals surface area contributed by atoms with Crippen LogP contribution in [0.2, 0.25) is 0 Å². The molecule has 1 aliphatic rings. The molecule has 6 nitrogen and oxygen atoms in total. The van der Waals surface area contributed by atoms with Gasteiger partial charge in [-0.15, -0.1) is 11.3 Å². The number of hydrogen-bond donors (Lipinski definition) is 1. The second-order valence-electron chi connectivity index (χ2n) is 6.04. The Bertz CT molecular complexity index is 667. The molecule has 1 fully saturated rings. The lowest BCUT2D eigenvalue weighted by Gasteiger charge is -2.35. The summed E-state index contributed by atoms with van der Waals surface area (Å²) in [6.07, 6.45) is 1.78. The van der Waals surface area contributed by atoms with Crippen molar-refractivity contribution in [3.8, 4) is 0 Å². The quantitative estimate of drug-likeness (QED) is 0.925. The van der Waals surface area contributed by atoms with Gasteiger partial charge in [-0.05, 0) is 24.4 Å². The van der Waals surface area contributed by atoms with E-state index in [2.05, 4.69) is 38.6 Å². The number of aryl methyl sites for hydroxylation is 1. The zero-order chi connectivity index (χ0) is 16.9. The van der Waals surface area contributed by atoms with Gasteiger partial charge < -0.3 is 15.1 Å². The molecule has 7 heteroatoms. The standard InChI is InChI=1S/C17H23N5OS/c1-13(15-4-3-11-24-15)12-19-17(23)22-9-7-21(8-10-22)16-5-6-18-14(2)20-16/h3-6,11,13H,7-10,12H2,1-2H3,(H,19,23)/t13-/m1/s1. The van der Waals surface area contributed by atoms with E-state index in [1.165, 1.54) is 4.88 Å². The molecule has 0 radical (unpaired) electrons. The van der Waals surface area contributed by atoms with Crippen molar-refractivity contribution in [2.24, 2.45) is 0 Å². The van der Waals surface area contributed by atoms with Crippen LogP contribution < -0.4 is 10.2 Å². The highest BCUT2D eigenvalue weighted by molar-refractivity contribution is 7.10. The maximum absolute atomic E-state index is 12.3. The molecule has 3 heterocycles. The van der Waals surface area contributed by atoms with E-state index in [0.29, 0.717) is 25.6 Å². The molecular formula is C17H23N5OS.